The summed E-state index contributed by atoms with van der Waals surface area (Å²) in [5, 5.41) is 3.28. The van der Waals surface area contributed by atoms with Crippen molar-refractivity contribution in [3.63, 3.8) is 0 Å². The first kappa shape index (κ1) is 10.5. The summed E-state index contributed by atoms with van der Waals surface area (Å²) in [7, 11) is 3.87. The predicted octanol–water partition coefficient (Wildman–Crippen LogP) is 1.79. The fourth-order valence-corrected chi connectivity index (χ4v) is 1.67. The van der Waals surface area contributed by atoms with Crippen LogP contribution in [-0.4, -0.2) is 15.4 Å². The number of anilines is 1. The second-order valence-electron chi connectivity index (χ2n) is 3.85. The number of aromatic nitrogens is 2. The molecule has 2 aromatic heterocycles. The molecular weight excluding hydrogens is 202 g/mol. The van der Waals surface area contributed by atoms with Crippen LogP contribution in [0.4, 0.5) is 5.69 Å². The molecule has 4 nitrogen and oxygen atoms in total. The van der Waals surface area contributed by atoms with Crippen molar-refractivity contribution in [1.29, 1.82) is 0 Å². The van der Waals surface area contributed by atoms with Crippen molar-refractivity contribution in [3.05, 3.63) is 42.0 Å². The SMILES string of the molecule is Cn1cc(NCc2cccn2C)cc1C=O. The smallest absolute Gasteiger partial charge is 0.166 e. The van der Waals surface area contributed by atoms with E-state index in [4.69, 9.17) is 0 Å². The van der Waals surface area contributed by atoms with Crippen molar-refractivity contribution in [2.45, 2.75) is 6.54 Å². The number of aryl methyl sites for hydroxylation is 2. The molecule has 2 aromatic rings. The van der Waals surface area contributed by atoms with E-state index in [2.05, 4.69) is 16.0 Å². The van der Waals surface area contributed by atoms with Crippen molar-refractivity contribution in [2.75, 3.05) is 5.32 Å². The van der Waals surface area contributed by atoms with Gasteiger partial charge in [0.2, 0.25) is 0 Å². The highest BCUT2D eigenvalue weighted by Gasteiger charge is 2.02. The molecule has 0 fully saturated rings. The van der Waals surface area contributed by atoms with Gasteiger partial charge in [-0.15, -0.1) is 0 Å². The van der Waals surface area contributed by atoms with Crippen LogP contribution in [-0.2, 0) is 20.6 Å². The van der Waals surface area contributed by atoms with Gasteiger partial charge in [-0.3, -0.25) is 4.79 Å². The average molecular weight is 217 g/mol. The van der Waals surface area contributed by atoms with Crippen molar-refractivity contribution in [1.82, 2.24) is 9.13 Å². The number of nitrogens with zero attached hydrogens (tertiary/aromatic N) is 2. The van der Waals surface area contributed by atoms with Crippen LogP contribution in [0.2, 0.25) is 0 Å². The van der Waals surface area contributed by atoms with Gasteiger partial charge in [-0.2, -0.15) is 0 Å². The Bertz CT molecular complexity index is 496. The first-order valence-corrected chi connectivity index (χ1v) is 5.16. The highest BCUT2D eigenvalue weighted by Crippen LogP contribution is 2.12. The van der Waals surface area contributed by atoms with Crippen molar-refractivity contribution in [3.8, 4) is 0 Å². The Morgan fingerprint density at radius 3 is 2.75 bits per heavy atom. The maximum atomic E-state index is 10.7. The lowest BCUT2D eigenvalue weighted by atomic mass is 10.4. The van der Waals surface area contributed by atoms with Gasteiger partial charge < -0.3 is 14.5 Å². The Labute approximate surface area is 94.5 Å². The molecule has 0 aromatic carbocycles. The maximum Gasteiger partial charge on any atom is 0.166 e. The fourth-order valence-electron chi connectivity index (χ4n) is 1.67. The van der Waals surface area contributed by atoms with Gasteiger partial charge in [0.15, 0.2) is 6.29 Å². The third-order valence-corrected chi connectivity index (χ3v) is 2.69. The van der Waals surface area contributed by atoms with Gasteiger partial charge >= 0.3 is 0 Å². The standard InChI is InChI=1S/C12H15N3O/c1-14-5-3-4-11(14)7-13-10-6-12(9-16)15(2)8-10/h3-6,8-9,13H,7H2,1-2H3. The van der Waals surface area contributed by atoms with Crippen LogP contribution < -0.4 is 5.32 Å². The summed E-state index contributed by atoms with van der Waals surface area (Å²) in [5.41, 5.74) is 2.84. The van der Waals surface area contributed by atoms with Gasteiger partial charge in [0.25, 0.3) is 0 Å². The van der Waals surface area contributed by atoms with Gasteiger partial charge in [-0.05, 0) is 18.2 Å². The molecule has 0 atom stereocenters. The van der Waals surface area contributed by atoms with E-state index in [1.165, 1.54) is 5.69 Å². The minimum absolute atomic E-state index is 0.675. The number of rotatable bonds is 4. The minimum atomic E-state index is 0.675. The van der Waals surface area contributed by atoms with Crippen LogP contribution in [0, 0.1) is 0 Å². The predicted molar refractivity (Wildman–Crippen MR) is 63.5 cm³/mol. The van der Waals surface area contributed by atoms with E-state index in [1.807, 2.05) is 38.6 Å². The van der Waals surface area contributed by atoms with Crippen LogP contribution in [0.3, 0.4) is 0 Å². The summed E-state index contributed by atoms with van der Waals surface area (Å²) < 4.78 is 3.87. The van der Waals surface area contributed by atoms with E-state index in [1.54, 1.807) is 4.57 Å². The van der Waals surface area contributed by atoms with Crippen LogP contribution in [0.1, 0.15) is 16.2 Å². The molecule has 84 valence electrons. The Morgan fingerprint density at radius 2 is 2.19 bits per heavy atom. The molecular formula is C12H15N3O. The number of hydrogen-bond acceptors (Lipinski definition) is 2. The van der Waals surface area contributed by atoms with E-state index >= 15 is 0 Å². The number of carbonyl (C=O) groups excluding carboxylic acids is 1. The van der Waals surface area contributed by atoms with Crippen LogP contribution in [0.25, 0.3) is 0 Å². The minimum Gasteiger partial charge on any atom is -0.378 e. The first-order chi connectivity index (χ1) is 7.70. The number of nitrogens with one attached hydrogen (secondary N) is 1. The summed E-state index contributed by atoms with van der Waals surface area (Å²) in [6, 6.07) is 5.92. The number of carbonyl (C=O) groups is 1. The van der Waals surface area contributed by atoms with Gasteiger partial charge in [0, 0.05) is 32.2 Å². The quantitative estimate of drug-likeness (QED) is 0.793. The molecule has 0 aliphatic carbocycles. The first-order valence-electron chi connectivity index (χ1n) is 5.16. The third kappa shape index (κ3) is 2.00. The lowest BCUT2D eigenvalue weighted by Crippen LogP contribution is -2.03. The van der Waals surface area contributed by atoms with E-state index in [0.29, 0.717) is 5.69 Å². The lowest BCUT2D eigenvalue weighted by molar-refractivity contribution is 0.111. The van der Waals surface area contributed by atoms with Crippen LogP contribution in [0.5, 0.6) is 0 Å². The Hall–Kier alpha value is -1.97. The molecule has 16 heavy (non-hydrogen) atoms. The van der Waals surface area contributed by atoms with E-state index in [-0.39, 0.29) is 0 Å². The van der Waals surface area contributed by atoms with Crippen molar-refractivity contribution >= 4 is 12.0 Å². The molecule has 0 saturated heterocycles. The molecule has 2 heterocycles. The van der Waals surface area contributed by atoms with Crippen LogP contribution >= 0.6 is 0 Å². The molecule has 0 amide bonds. The van der Waals surface area contributed by atoms with Crippen LogP contribution in [0.15, 0.2) is 30.6 Å². The summed E-state index contributed by atoms with van der Waals surface area (Å²) in [6.07, 6.45) is 4.78. The zero-order valence-electron chi connectivity index (χ0n) is 9.47. The Balaban J connectivity index is 2.05. The summed E-state index contributed by atoms with van der Waals surface area (Å²) >= 11 is 0. The molecule has 0 aliphatic rings. The molecule has 2 rings (SSSR count). The zero-order valence-corrected chi connectivity index (χ0v) is 9.47. The third-order valence-electron chi connectivity index (χ3n) is 2.69. The Morgan fingerprint density at radius 1 is 1.38 bits per heavy atom. The van der Waals surface area contributed by atoms with Gasteiger partial charge in [0.05, 0.1) is 17.9 Å². The monoisotopic (exact) mass is 217 g/mol. The van der Waals surface area contributed by atoms with Gasteiger partial charge in [0.1, 0.15) is 0 Å². The summed E-state index contributed by atoms with van der Waals surface area (Å²) in [4.78, 5) is 10.7. The molecule has 0 unspecified atom stereocenters. The highest BCUT2D eigenvalue weighted by atomic mass is 16.1. The summed E-state index contributed by atoms with van der Waals surface area (Å²) in [6.45, 7) is 0.756. The second-order valence-corrected chi connectivity index (χ2v) is 3.85. The molecule has 0 saturated carbocycles. The molecule has 0 spiro atoms. The molecule has 0 bridgehead atoms. The zero-order chi connectivity index (χ0) is 11.5. The normalized spacial score (nSPS) is 10.4. The molecule has 1 N–H and O–H groups in total. The topological polar surface area (TPSA) is 39.0 Å². The number of hydrogen-bond donors (Lipinski definition) is 1. The Kier molecular flexibility index (Phi) is 2.81. The second kappa shape index (κ2) is 4.26. The molecule has 0 radical (unpaired) electrons. The molecule has 0 aliphatic heterocycles. The van der Waals surface area contributed by atoms with E-state index in [9.17, 15) is 4.79 Å². The average Bonchev–Trinajstić information content (AvgIpc) is 2.82. The fraction of sp³-hybridized carbons (Fsp3) is 0.250. The maximum absolute atomic E-state index is 10.7. The number of aldehydes is 1. The van der Waals surface area contributed by atoms with E-state index < -0.39 is 0 Å². The largest absolute Gasteiger partial charge is 0.378 e. The lowest BCUT2D eigenvalue weighted by Gasteiger charge is -2.04. The highest BCUT2D eigenvalue weighted by molar-refractivity contribution is 5.75. The van der Waals surface area contributed by atoms with Gasteiger partial charge in [-0.1, -0.05) is 0 Å². The van der Waals surface area contributed by atoms with Crippen molar-refractivity contribution < 1.29 is 4.79 Å². The summed E-state index contributed by atoms with van der Waals surface area (Å²) in [5.74, 6) is 0. The van der Waals surface area contributed by atoms with E-state index in [0.717, 1.165) is 18.5 Å². The molecule has 4 heteroatoms. The van der Waals surface area contributed by atoms with Crippen molar-refractivity contribution in [2.24, 2.45) is 14.1 Å². The van der Waals surface area contributed by atoms with Gasteiger partial charge in [-0.25, -0.2) is 0 Å².